The highest BCUT2D eigenvalue weighted by atomic mass is 16.2. The average molecular weight is 363 g/mol. The number of fused-ring (bicyclic) bond motifs is 2. The zero-order valence-corrected chi connectivity index (χ0v) is 15.8. The Hall–Kier alpha value is -2.66. The topological polar surface area (TPSA) is 52.7 Å². The van der Waals surface area contributed by atoms with Crippen LogP contribution in [0.15, 0.2) is 48.5 Å². The number of rotatable bonds is 2. The Morgan fingerprint density at radius 2 is 1.81 bits per heavy atom. The lowest BCUT2D eigenvalue weighted by Gasteiger charge is -2.35. The van der Waals surface area contributed by atoms with Crippen LogP contribution in [-0.2, 0) is 4.79 Å². The first-order valence-electron chi connectivity index (χ1n) is 9.55. The number of para-hydroxylation sites is 3. The third-order valence-corrected chi connectivity index (χ3v) is 5.75. The molecule has 0 bridgehead atoms. The summed E-state index contributed by atoms with van der Waals surface area (Å²) in [5, 5.41) is 2.94. The summed E-state index contributed by atoms with van der Waals surface area (Å²) in [6, 6.07) is 14.8. The second kappa shape index (κ2) is 7.16. The molecule has 2 aliphatic heterocycles. The predicted octanol–water partition coefficient (Wildman–Crippen LogP) is 3.89. The molecule has 140 valence electrons. The van der Waals surface area contributed by atoms with Crippen molar-refractivity contribution < 1.29 is 9.59 Å². The molecule has 0 unspecified atom stereocenters. The fourth-order valence-electron chi connectivity index (χ4n) is 4.24. The highest BCUT2D eigenvalue weighted by Crippen LogP contribution is 2.39. The molecule has 0 saturated carbocycles. The van der Waals surface area contributed by atoms with Gasteiger partial charge in [0.1, 0.15) is 0 Å². The van der Waals surface area contributed by atoms with Gasteiger partial charge in [-0.25, -0.2) is 0 Å². The average Bonchev–Trinajstić information content (AvgIpc) is 2.78. The molecule has 5 heteroatoms. The molecule has 27 heavy (non-hydrogen) atoms. The fraction of sp³-hybridized carbons (Fsp3) is 0.364. The molecule has 2 atom stereocenters. The smallest absolute Gasteiger partial charge is 0.257 e. The van der Waals surface area contributed by atoms with Gasteiger partial charge in [0.25, 0.3) is 5.91 Å². The van der Waals surface area contributed by atoms with Crippen molar-refractivity contribution in [1.29, 1.82) is 0 Å². The molecular weight excluding hydrogens is 338 g/mol. The second-order valence-corrected chi connectivity index (χ2v) is 7.71. The van der Waals surface area contributed by atoms with E-state index in [4.69, 9.17) is 0 Å². The molecular formula is C22H25N3O2. The summed E-state index contributed by atoms with van der Waals surface area (Å²) < 4.78 is 0. The van der Waals surface area contributed by atoms with E-state index in [0.717, 1.165) is 25.2 Å². The van der Waals surface area contributed by atoms with E-state index in [0.29, 0.717) is 35.2 Å². The van der Waals surface area contributed by atoms with E-state index in [-0.39, 0.29) is 11.8 Å². The number of amides is 2. The van der Waals surface area contributed by atoms with Gasteiger partial charge in [-0.3, -0.25) is 14.5 Å². The summed E-state index contributed by atoms with van der Waals surface area (Å²) >= 11 is 0. The predicted molar refractivity (Wildman–Crippen MR) is 107 cm³/mol. The Kier molecular flexibility index (Phi) is 4.70. The second-order valence-electron chi connectivity index (χ2n) is 7.71. The minimum atomic E-state index is -0.180. The van der Waals surface area contributed by atoms with E-state index in [1.165, 1.54) is 0 Å². The molecule has 4 rings (SSSR count). The van der Waals surface area contributed by atoms with Crippen molar-refractivity contribution >= 4 is 28.9 Å². The van der Waals surface area contributed by atoms with Gasteiger partial charge < -0.3 is 10.2 Å². The van der Waals surface area contributed by atoms with Crippen LogP contribution in [-0.4, -0.2) is 36.9 Å². The summed E-state index contributed by atoms with van der Waals surface area (Å²) in [5.41, 5.74) is 2.59. The van der Waals surface area contributed by atoms with E-state index in [1.807, 2.05) is 42.5 Å². The van der Waals surface area contributed by atoms with Crippen LogP contribution in [0, 0.1) is 11.8 Å². The standard InChI is InChI=1S/C22H25N3O2/c1-15-14-24(2)12-11-16(15)13-21(26)25-19-9-5-3-7-17(19)22(27)23-18-8-4-6-10-20(18)25/h3-10,15-16H,11-14H2,1-2H3,(H,23,27)/t15-,16-/m0/s1. The van der Waals surface area contributed by atoms with E-state index < -0.39 is 0 Å². The van der Waals surface area contributed by atoms with Gasteiger partial charge in [-0.15, -0.1) is 0 Å². The minimum absolute atomic E-state index is 0.0489. The highest BCUT2D eigenvalue weighted by Gasteiger charge is 2.32. The Morgan fingerprint density at radius 1 is 1.11 bits per heavy atom. The van der Waals surface area contributed by atoms with Crippen LogP contribution < -0.4 is 10.2 Å². The van der Waals surface area contributed by atoms with Crippen LogP contribution in [0.1, 0.15) is 30.1 Å². The first-order chi connectivity index (χ1) is 13.0. The molecule has 1 N–H and O–H groups in total. The van der Waals surface area contributed by atoms with Gasteiger partial charge in [0.05, 0.1) is 22.6 Å². The maximum absolute atomic E-state index is 13.5. The number of anilines is 3. The number of likely N-dealkylation sites (tertiary alicyclic amines) is 1. The number of hydrogen-bond acceptors (Lipinski definition) is 3. The third kappa shape index (κ3) is 3.35. The van der Waals surface area contributed by atoms with Crippen molar-refractivity contribution in [3.05, 3.63) is 54.1 Å². The number of carbonyl (C=O) groups excluding carboxylic acids is 2. The summed E-state index contributed by atoms with van der Waals surface area (Å²) in [5.74, 6) is 0.707. The molecule has 0 radical (unpaired) electrons. The Morgan fingerprint density at radius 3 is 2.59 bits per heavy atom. The largest absolute Gasteiger partial charge is 0.320 e. The number of hydrogen-bond donors (Lipinski definition) is 1. The number of nitrogens with zero attached hydrogens (tertiary/aromatic N) is 2. The van der Waals surface area contributed by atoms with E-state index in [2.05, 4.69) is 24.2 Å². The zero-order valence-electron chi connectivity index (χ0n) is 15.8. The minimum Gasteiger partial charge on any atom is -0.320 e. The van der Waals surface area contributed by atoms with Gasteiger partial charge in [0, 0.05) is 13.0 Å². The van der Waals surface area contributed by atoms with Crippen molar-refractivity contribution in [2.24, 2.45) is 11.8 Å². The van der Waals surface area contributed by atoms with Gasteiger partial charge in [-0.2, -0.15) is 0 Å². The van der Waals surface area contributed by atoms with Gasteiger partial charge in [0.2, 0.25) is 5.91 Å². The van der Waals surface area contributed by atoms with Crippen LogP contribution >= 0.6 is 0 Å². The van der Waals surface area contributed by atoms with Crippen molar-refractivity contribution in [3.8, 4) is 0 Å². The Balaban J connectivity index is 1.71. The zero-order chi connectivity index (χ0) is 19.0. The van der Waals surface area contributed by atoms with Gasteiger partial charge in [-0.05, 0) is 56.1 Å². The molecule has 2 amide bonds. The van der Waals surface area contributed by atoms with Crippen molar-refractivity contribution in [2.75, 3.05) is 30.4 Å². The fourth-order valence-corrected chi connectivity index (χ4v) is 4.24. The van der Waals surface area contributed by atoms with E-state index in [9.17, 15) is 9.59 Å². The number of benzene rings is 2. The lowest BCUT2D eigenvalue weighted by molar-refractivity contribution is -0.119. The highest BCUT2D eigenvalue weighted by molar-refractivity contribution is 6.17. The summed E-state index contributed by atoms with van der Waals surface area (Å²) in [7, 11) is 2.13. The first kappa shape index (κ1) is 17.7. The van der Waals surface area contributed by atoms with Gasteiger partial charge in [-0.1, -0.05) is 31.2 Å². The molecule has 0 aromatic heterocycles. The molecule has 2 aromatic rings. The normalized spacial score (nSPS) is 22.4. The lowest BCUT2D eigenvalue weighted by atomic mass is 9.84. The molecule has 1 fully saturated rings. The number of carbonyl (C=O) groups is 2. The van der Waals surface area contributed by atoms with Crippen LogP contribution in [0.4, 0.5) is 17.1 Å². The summed E-state index contributed by atoms with van der Waals surface area (Å²) in [6.07, 6.45) is 1.52. The summed E-state index contributed by atoms with van der Waals surface area (Å²) in [6.45, 7) is 4.27. The maximum atomic E-state index is 13.5. The Bertz CT molecular complexity index is 879. The third-order valence-electron chi connectivity index (χ3n) is 5.75. The van der Waals surface area contributed by atoms with E-state index in [1.54, 1.807) is 11.0 Å². The van der Waals surface area contributed by atoms with Crippen molar-refractivity contribution in [2.45, 2.75) is 19.8 Å². The molecule has 5 nitrogen and oxygen atoms in total. The van der Waals surface area contributed by atoms with Gasteiger partial charge >= 0.3 is 0 Å². The maximum Gasteiger partial charge on any atom is 0.257 e. The SMILES string of the molecule is C[C@H]1CN(C)CC[C@H]1CC(=O)N1c2ccccc2NC(=O)c2ccccc21. The molecule has 0 spiro atoms. The first-order valence-corrected chi connectivity index (χ1v) is 9.55. The quantitative estimate of drug-likeness (QED) is 0.881. The van der Waals surface area contributed by atoms with Crippen LogP contribution in [0.3, 0.4) is 0 Å². The van der Waals surface area contributed by atoms with E-state index >= 15 is 0 Å². The molecule has 2 heterocycles. The molecule has 2 aromatic carbocycles. The van der Waals surface area contributed by atoms with Crippen LogP contribution in [0.2, 0.25) is 0 Å². The number of nitrogens with one attached hydrogen (secondary N) is 1. The summed E-state index contributed by atoms with van der Waals surface area (Å²) in [4.78, 5) is 30.2. The van der Waals surface area contributed by atoms with Gasteiger partial charge in [0.15, 0.2) is 0 Å². The number of piperidine rings is 1. The van der Waals surface area contributed by atoms with Crippen LogP contribution in [0.25, 0.3) is 0 Å². The molecule has 2 aliphatic rings. The molecule has 1 saturated heterocycles. The van der Waals surface area contributed by atoms with Crippen molar-refractivity contribution in [3.63, 3.8) is 0 Å². The Labute approximate surface area is 160 Å². The lowest BCUT2D eigenvalue weighted by Crippen LogP contribution is -2.39. The van der Waals surface area contributed by atoms with Crippen molar-refractivity contribution in [1.82, 2.24) is 4.90 Å². The van der Waals surface area contributed by atoms with Crippen LogP contribution in [0.5, 0.6) is 0 Å². The molecule has 0 aliphatic carbocycles. The monoisotopic (exact) mass is 363 g/mol.